The Morgan fingerprint density at radius 2 is 1.71 bits per heavy atom. The molecule has 0 spiro atoms. The standard InChI is InChI=1S/C22H37N5O2S.HI/c1-22(2)19-27(16-17-30(22,28)29)21(23-3)24-10-7-11-25-12-14-26(15-13-25)18-20-8-5-4-6-9-20;/h4-6,8-9H,7,10-19H2,1-3H3,(H,23,24);1H. The number of piperazine rings is 1. The number of halogens is 1. The second-order valence-corrected chi connectivity index (χ2v) is 11.7. The molecule has 2 fully saturated rings. The predicted molar refractivity (Wildman–Crippen MR) is 139 cm³/mol. The average Bonchev–Trinajstić information content (AvgIpc) is 2.72. The molecule has 2 heterocycles. The quantitative estimate of drug-likeness (QED) is 0.247. The summed E-state index contributed by atoms with van der Waals surface area (Å²) in [4.78, 5) is 11.5. The SMILES string of the molecule is CN=C(NCCCN1CCN(Cc2ccccc2)CC1)N1CCS(=O)(=O)C(C)(C)C1.I. The molecular formula is C22H38IN5O2S. The molecular weight excluding hydrogens is 525 g/mol. The molecule has 1 N–H and O–H groups in total. The van der Waals surface area contributed by atoms with Crippen molar-refractivity contribution in [1.82, 2.24) is 20.0 Å². The molecule has 7 nitrogen and oxygen atoms in total. The van der Waals surface area contributed by atoms with Crippen molar-refractivity contribution in [2.75, 3.05) is 65.2 Å². The van der Waals surface area contributed by atoms with Crippen LogP contribution in [0.2, 0.25) is 0 Å². The number of hydrogen-bond acceptors (Lipinski definition) is 5. The molecule has 0 saturated carbocycles. The minimum Gasteiger partial charge on any atom is -0.356 e. The van der Waals surface area contributed by atoms with E-state index >= 15 is 0 Å². The number of nitrogens with zero attached hydrogens (tertiary/aromatic N) is 4. The fourth-order valence-corrected chi connectivity index (χ4v) is 5.54. The fraction of sp³-hybridized carbons (Fsp3) is 0.682. The Hall–Kier alpha value is -0.910. The third-order valence-corrected chi connectivity index (χ3v) is 8.74. The van der Waals surface area contributed by atoms with Crippen molar-refractivity contribution in [3.05, 3.63) is 35.9 Å². The van der Waals surface area contributed by atoms with Gasteiger partial charge in [0.25, 0.3) is 0 Å². The number of rotatable bonds is 6. The van der Waals surface area contributed by atoms with Crippen LogP contribution in [0.4, 0.5) is 0 Å². The van der Waals surface area contributed by atoms with Crippen molar-refractivity contribution in [3.8, 4) is 0 Å². The van der Waals surface area contributed by atoms with E-state index in [2.05, 4.69) is 55.3 Å². The molecule has 31 heavy (non-hydrogen) atoms. The maximum atomic E-state index is 12.2. The van der Waals surface area contributed by atoms with E-state index in [1.54, 1.807) is 20.9 Å². The lowest BCUT2D eigenvalue weighted by atomic mass is 10.2. The summed E-state index contributed by atoms with van der Waals surface area (Å²) in [5, 5.41) is 3.43. The van der Waals surface area contributed by atoms with E-state index in [0.29, 0.717) is 13.1 Å². The van der Waals surface area contributed by atoms with E-state index in [4.69, 9.17) is 0 Å². The van der Waals surface area contributed by atoms with Gasteiger partial charge >= 0.3 is 0 Å². The Bertz CT molecular complexity index is 808. The highest BCUT2D eigenvalue weighted by molar-refractivity contribution is 14.0. The minimum absolute atomic E-state index is 0. The maximum absolute atomic E-state index is 12.2. The molecule has 0 atom stereocenters. The predicted octanol–water partition coefficient (Wildman–Crippen LogP) is 1.90. The molecule has 176 valence electrons. The molecule has 0 bridgehead atoms. The van der Waals surface area contributed by atoms with Gasteiger partial charge in [-0.25, -0.2) is 8.42 Å². The van der Waals surface area contributed by atoms with Crippen molar-refractivity contribution < 1.29 is 8.42 Å². The largest absolute Gasteiger partial charge is 0.356 e. The summed E-state index contributed by atoms with van der Waals surface area (Å²) >= 11 is 0. The van der Waals surface area contributed by atoms with E-state index in [9.17, 15) is 8.42 Å². The van der Waals surface area contributed by atoms with Crippen molar-refractivity contribution >= 4 is 39.8 Å². The van der Waals surface area contributed by atoms with Gasteiger partial charge in [0.15, 0.2) is 15.8 Å². The van der Waals surface area contributed by atoms with Gasteiger partial charge in [-0.1, -0.05) is 30.3 Å². The molecule has 0 radical (unpaired) electrons. The van der Waals surface area contributed by atoms with Crippen LogP contribution in [0, 0.1) is 0 Å². The summed E-state index contributed by atoms with van der Waals surface area (Å²) in [6, 6.07) is 10.7. The number of sulfone groups is 1. The highest BCUT2D eigenvalue weighted by Crippen LogP contribution is 2.23. The zero-order chi connectivity index (χ0) is 21.6. The van der Waals surface area contributed by atoms with Crippen molar-refractivity contribution in [2.45, 2.75) is 31.6 Å². The Morgan fingerprint density at radius 3 is 2.32 bits per heavy atom. The maximum Gasteiger partial charge on any atom is 0.193 e. The first kappa shape index (κ1) is 26.3. The van der Waals surface area contributed by atoms with Crippen molar-refractivity contribution in [2.24, 2.45) is 4.99 Å². The topological polar surface area (TPSA) is 68.2 Å². The normalized spacial score (nSPS) is 22.0. The van der Waals surface area contributed by atoms with Crippen LogP contribution in [0.5, 0.6) is 0 Å². The number of aliphatic imine (C=N–C) groups is 1. The number of benzene rings is 1. The van der Waals surface area contributed by atoms with Gasteiger partial charge in [-0.05, 0) is 32.4 Å². The van der Waals surface area contributed by atoms with E-state index in [-0.39, 0.29) is 29.7 Å². The molecule has 0 amide bonds. The Morgan fingerprint density at radius 1 is 1.06 bits per heavy atom. The highest BCUT2D eigenvalue weighted by Gasteiger charge is 2.40. The second-order valence-electron chi connectivity index (χ2n) is 8.93. The van der Waals surface area contributed by atoms with Gasteiger partial charge < -0.3 is 15.1 Å². The van der Waals surface area contributed by atoms with Crippen molar-refractivity contribution in [1.29, 1.82) is 0 Å². The monoisotopic (exact) mass is 563 g/mol. The molecule has 0 aliphatic carbocycles. The van der Waals surface area contributed by atoms with E-state index in [1.165, 1.54) is 5.56 Å². The van der Waals surface area contributed by atoms with Gasteiger partial charge in [0.1, 0.15) is 0 Å². The van der Waals surface area contributed by atoms with Crippen molar-refractivity contribution in [3.63, 3.8) is 0 Å². The molecule has 2 aliphatic heterocycles. The lowest BCUT2D eigenvalue weighted by Crippen LogP contribution is -2.57. The first-order valence-corrected chi connectivity index (χ1v) is 12.6. The first-order valence-electron chi connectivity index (χ1n) is 11.0. The highest BCUT2D eigenvalue weighted by atomic mass is 127. The van der Waals surface area contributed by atoms with Crippen LogP contribution in [0.1, 0.15) is 25.8 Å². The van der Waals surface area contributed by atoms with Crippen LogP contribution in [-0.4, -0.2) is 99.0 Å². The van der Waals surface area contributed by atoms with Gasteiger partial charge in [0.05, 0.1) is 10.5 Å². The molecule has 2 saturated heterocycles. The average molecular weight is 564 g/mol. The summed E-state index contributed by atoms with van der Waals surface area (Å²) in [5.41, 5.74) is 1.38. The lowest BCUT2D eigenvalue weighted by molar-refractivity contribution is 0.126. The third-order valence-electron chi connectivity index (χ3n) is 6.20. The van der Waals surface area contributed by atoms with Gasteiger partial charge in [-0.3, -0.25) is 9.89 Å². The Balaban J connectivity index is 0.00000341. The summed E-state index contributed by atoms with van der Waals surface area (Å²) in [7, 11) is -1.27. The van der Waals surface area contributed by atoms with Crippen LogP contribution in [0.3, 0.4) is 0 Å². The summed E-state index contributed by atoms with van der Waals surface area (Å²) in [6.45, 7) is 12.0. The summed E-state index contributed by atoms with van der Waals surface area (Å²) in [6.07, 6.45) is 1.05. The van der Waals surface area contributed by atoms with Gasteiger partial charge in [0, 0.05) is 59.4 Å². The van der Waals surface area contributed by atoms with Crippen LogP contribution < -0.4 is 5.32 Å². The van der Waals surface area contributed by atoms with E-state index in [1.807, 2.05) is 0 Å². The molecule has 9 heteroatoms. The minimum atomic E-state index is -3.04. The first-order chi connectivity index (χ1) is 14.3. The van der Waals surface area contributed by atoms with Crippen LogP contribution in [0.15, 0.2) is 35.3 Å². The number of nitrogens with one attached hydrogen (secondary N) is 1. The Labute approximate surface area is 205 Å². The smallest absolute Gasteiger partial charge is 0.193 e. The number of hydrogen-bond donors (Lipinski definition) is 1. The zero-order valence-corrected chi connectivity index (χ0v) is 22.2. The second kappa shape index (κ2) is 11.8. The molecule has 1 aromatic rings. The third kappa shape index (κ3) is 7.30. The fourth-order valence-electron chi connectivity index (χ4n) is 4.17. The van der Waals surface area contributed by atoms with Gasteiger partial charge in [0.2, 0.25) is 0 Å². The molecule has 3 rings (SSSR count). The number of guanidine groups is 1. The van der Waals surface area contributed by atoms with E-state index < -0.39 is 14.6 Å². The molecule has 0 aromatic heterocycles. The van der Waals surface area contributed by atoms with E-state index in [0.717, 1.165) is 58.2 Å². The van der Waals surface area contributed by atoms with Crippen LogP contribution in [0.25, 0.3) is 0 Å². The lowest BCUT2D eigenvalue weighted by Gasteiger charge is -2.39. The summed E-state index contributed by atoms with van der Waals surface area (Å²) < 4.78 is 23.7. The van der Waals surface area contributed by atoms with Crippen LogP contribution in [-0.2, 0) is 16.4 Å². The molecule has 1 aromatic carbocycles. The van der Waals surface area contributed by atoms with Gasteiger partial charge in [-0.15, -0.1) is 24.0 Å². The Kier molecular flexibility index (Phi) is 10.0. The zero-order valence-electron chi connectivity index (χ0n) is 19.1. The molecule has 2 aliphatic rings. The van der Waals surface area contributed by atoms with Crippen LogP contribution >= 0.6 is 24.0 Å². The summed E-state index contributed by atoms with van der Waals surface area (Å²) in [5.74, 6) is 0.999. The molecule has 0 unspecified atom stereocenters. The van der Waals surface area contributed by atoms with Gasteiger partial charge in [-0.2, -0.15) is 0 Å².